The van der Waals surface area contributed by atoms with Crippen molar-refractivity contribution in [2.45, 2.75) is 25.4 Å². The second kappa shape index (κ2) is 9.67. The number of aryl methyl sites for hydroxylation is 1. The monoisotopic (exact) mass is 472 g/mol. The third-order valence-corrected chi connectivity index (χ3v) is 5.17. The Morgan fingerprint density at radius 1 is 1.13 bits per heavy atom. The molecule has 6 nitrogen and oxygen atoms in total. The van der Waals surface area contributed by atoms with E-state index >= 15 is 0 Å². The van der Waals surface area contributed by atoms with Gasteiger partial charge in [-0.15, -0.1) is 0 Å². The van der Waals surface area contributed by atoms with E-state index in [1.54, 1.807) is 29.1 Å². The summed E-state index contributed by atoms with van der Waals surface area (Å²) < 4.78 is 16.5. The van der Waals surface area contributed by atoms with Gasteiger partial charge in [0, 0.05) is 30.8 Å². The van der Waals surface area contributed by atoms with Gasteiger partial charge >= 0.3 is 0 Å². The van der Waals surface area contributed by atoms with Crippen molar-refractivity contribution in [2.24, 2.45) is 7.05 Å². The number of nitrogens with zero attached hydrogens (tertiary/aromatic N) is 2. The molecule has 0 aliphatic carbocycles. The fourth-order valence-corrected chi connectivity index (χ4v) is 3.50. The maximum Gasteiger partial charge on any atom is 0.223 e. The zero-order valence-corrected chi connectivity index (χ0v) is 18.2. The molecule has 2 N–H and O–H groups in total. The van der Waals surface area contributed by atoms with E-state index in [1.165, 1.54) is 19.1 Å². The summed E-state index contributed by atoms with van der Waals surface area (Å²) in [4.78, 5) is 29.0. The molecule has 0 saturated carbocycles. The first-order valence-electron chi connectivity index (χ1n) is 9.38. The van der Waals surface area contributed by atoms with Gasteiger partial charge in [-0.2, -0.15) is 0 Å². The number of benzene rings is 2. The van der Waals surface area contributed by atoms with Crippen LogP contribution >= 0.6 is 15.9 Å². The first-order valence-corrected chi connectivity index (χ1v) is 10.2. The molecule has 2 unspecified atom stereocenters. The summed E-state index contributed by atoms with van der Waals surface area (Å²) in [5.41, 5.74) is 1.39. The summed E-state index contributed by atoms with van der Waals surface area (Å²) in [5, 5.41) is 5.76. The number of hydrogen-bond donors (Lipinski definition) is 2. The molecule has 156 valence electrons. The maximum absolute atomic E-state index is 13.8. The van der Waals surface area contributed by atoms with Crippen LogP contribution in [0.2, 0.25) is 0 Å². The van der Waals surface area contributed by atoms with Crippen molar-refractivity contribution in [3.63, 3.8) is 0 Å². The van der Waals surface area contributed by atoms with Gasteiger partial charge in [-0.25, -0.2) is 9.37 Å². The third-order valence-electron chi connectivity index (χ3n) is 4.64. The molecule has 2 atom stereocenters. The van der Waals surface area contributed by atoms with Crippen molar-refractivity contribution in [3.8, 4) is 0 Å². The van der Waals surface area contributed by atoms with E-state index in [1.807, 2.05) is 31.3 Å². The van der Waals surface area contributed by atoms with Crippen molar-refractivity contribution in [1.82, 2.24) is 20.2 Å². The molecule has 30 heavy (non-hydrogen) atoms. The molecule has 0 spiro atoms. The fourth-order valence-electron chi connectivity index (χ4n) is 3.24. The molecule has 1 heterocycles. The van der Waals surface area contributed by atoms with Gasteiger partial charge < -0.3 is 15.2 Å². The lowest BCUT2D eigenvalue weighted by Gasteiger charge is -2.22. The van der Waals surface area contributed by atoms with Crippen molar-refractivity contribution >= 4 is 27.7 Å². The molecular formula is C22H22BrFN4O2. The van der Waals surface area contributed by atoms with E-state index in [9.17, 15) is 14.0 Å². The van der Waals surface area contributed by atoms with Gasteiger partial charge in [-0.3, -0.25) is 9.59 Å². The van der Waals surface area contributed by atoms with Crippen LogP contribution < -0.4 is 10.6 Å². The van der Waals surface area contributed by atoms with Gasteiger partial charge in [-0.1, -0.05) is 40.2 Å². The molecule has 0 radical (unpaired) electrons. The van der Waals surface area contributed by atoms with Gasteiger partial charge in [0.25, 0.3) is 0 Å². The van der Waals surface area contributed by atoms with E-state index in [0.717, 1.165) is 10.0 Å². The van der Waals surface area contributed by atoms with Crippen molar-refractivity contribution in [2.75, 3.05) is 0 Å². The summed E-state index contributed by atoms with van der Waals surface area (Å²) in [6, 6.07) is 12.3. The minimum atomic E-state index is -0.629. The number of aromatic nitrogens is 2. The predicted molar refractivity (Wildman–Crippen MR) is 115 cm³/mol. The summed E-state index contributed by atoms with van der Waals surface area (Å²) >= 11 is 3.38. The van der Waals surface area contributed by atoms with Crippen LogP contribution in [0.5, 0.6) is 0 Å². The number of carbonyl (C=O) groups is 2. The Morgan fingerprint density at radius 3 is 2.47 bits per heavy atom. The summed E-state index contributed by atoms with van der Waals surface area (Å²) in [5.74, 6) is -0.351. The zero-order chi connectivity index (χ0) is 21.7. The number of hydrogen-bond acceptors (Lipinski definition) is 3. The van der Waals surface area contributed by atoms with E-state index in [4.69, 9.17) is 0 Å². The highest BCUT2D eigenvalue weighted by molar-refractivity contribution is 9.10. The molecule has 3 rings (SSSR count). The highest BCUT2D eigenvalue weighted by Crippen LogP contribution is 2.24. The molecule has 0 aliphatic rings. The molecule has 2 aromatic carbocycles. The number of imidazole rings is 1. The van der Waals surface area contributed by atoms with Crippen molar-refractivity contribution in [1.29, 1.82) is 0 Å². The maximum atomic E-state index is 13.8. The molecule has 0 bridgehead atoms. The van der Waals surface area contributed by atoms with Crippen LogP contribution in [0.3, 0.4) is 0 Å². The van der Waals surface area contributed by atoms with Gasteiger partial charge in [0.15, 0.2) is 0 Å². The average molecular weight is 473 g/mol. The molecule has 0 aliphatic heterocycles. The Labute approximate surface area is 182 Å². The second-order valence-electron chi connectivity index (χ2n) is 6.96. The SMILES string of the molecule is CC(=O)NC(CC(=O)NC(c1cccc(F)c1)c1nccn1C)c1ccc(Br)cc1. The molecular weight excluding hydrogens is 451 g/mol. The topological polar surface area (TPSA) is 76.0 Å². The highest BCUT2D eigenvalue weighted by Gasteiger charge is 2.24. The van der Waals surface area contributed by atoms with Crippen LogP contribution in [0.25, 0.3) is 0 Å². The highest BCUT2D eigenvalue weighted by atomic mass is 79.9. The Kier molecular flexibility index (Phi) is 6.99. The standard InChI is InChI=1S/C22H22BrFN4O2/c1-14(29)26-19(15-6-8-17(23)9-7-15)13-20(30)27-21(22-25-10-11-28(22)2)16-4-3-5-18(24)12-16/h3-12,19,21H,13H2,1-2H3,(H,26,29)(H,27,30). The average Bonchev–Trinajstić information content (AvgIpc) is 3.11. The molecule has 8 heteroatoms. The third kappa shape index (κ3) is 5.54. The van der Waals surface area contributed by atoms with Crippen molar-refractivity contribution < 1.29 is 14.0 Å². The number of amides is 2. The minimum absolute atomic E-state index is 0.0252. The number of nitrogens with one attached hydrogen (secondary N) is 2. The molecule has 0 saturated heterocycles. The predicted octanol–water partition coefficient (Wildman–Crippen LogP) is 3.79. The summed E-state index contributed by atoms with van der Waals surface area (Å²) in [6.07, 6.45) is 3.41. The summed E-state index contributed by atoms with van der Waals surface area (Å²) in [6.45, 7) is 1.41. The first-order chi connectivity index (χ1) is 14.3. The van der Waals surface area contributed by atoms with E-state index in [0.29, 0.717) is 11.4 Å². The van der Waals surface area contributed by atoms with Crippen LogP contribution in [0.4, 0.5) is 4.39 Å². The van der Waals surface area contributed by atoms with E-state index in [-0.39, 0.29) is 18.2 Å². The first kappa shape index (κ1) is 21.7. The summed E-state index contributed by atoms with van der Waals surface area (Å²) in [7, 11) is 1.81. The van der Waals surface area contributed by atoms with Crippen LogP contribution in [0.1, 0.15) is 42.4 Å². The van der Waals surface area contributed by atoms with Crippen molar-refractivity contribution in [3.05, 3.63) is 88.2 Å². The molecule has 1 aromatic heterocycles. The van der Waals surface area contributed by atoms with Crippen LogP contribution in [-0.2, 0) is 16.6 Å². The van der Waals surface area contributed by atoms with Crippen LogP contribution in [0, 0.1) is 5.82 Å². The zero-order valence-electron chi connectivity index (χ0n) is 16.6. The molecule has 3 aromatic rings. The lowest BCUT2D eigenvalue weighted by atomic mass is 10.0. The van der Waals surface area contributed by atoms with Crippen LogP contribution in [0.15, 0.2) is 65.4 Å². The lowest BCUT2D eigenvalue weighted by molar-refractivity contribution is -0.123. The normalized spacial score (nSPS) is 12.8. The number of rotatable bonds is 7. The van der Waals surface area contributed by atoms with Gasteiger partial charge in [0.1, 0.15) is 17.7 Å². The number of carbonyl (C=O) groups excluding carboxylic acids is 2. The Balaban J connectivity index is 1.84. The quantitative estimate of drug-likeness (QED) is 0.549. The smallest absolute Gasteiger partial charge is 0.223 e. The van der Waals surface area contributed by atoms with E-state index in [2.05, 4.69) is 31.5 Å². The second-order valence-corrected chi connectivity index (χ2v) is 7.88. The molecule has 2 amide bonds. The Morgan fingerprint density at radius 2 is 1.87 bits per heavy atom. The largest absolute Gasteiger partial charge is 0.349 e. The van der Waals surface area contributed by atoms with Gasteiger partial charge in [0.05, 0.1) is 12.5 Å². The van der Waals surface area contributed by atoms with Gasteiger partial charge in [-0.05, 0) is 35.4 Å². The Hall–Kier alpha value is -3.00. The minimum Gasteiger partial charge on any atom is -0.349 e. The number of halogens is 2. The Bertz CT molecular complexity index is 1040. The van der Waals surface area contributed by atoms with Crippen LogP contribution in [-0.4, -0.2) is 21.4 Å². The van der Waals surface area contributed by atoms with Gasteiger partial charge in [0.2, 0.25) is 11.8 Å². The lowest BCUT2D eigenvalue weighted by Crippen LogP contribution is -2.35. The van der Waals surface area contributed by atoms with E-state index < -0.39 is 17.9 Å². The molecule has 0 fully saturated rings. The fraction of sp³-hybridized carbons (Fsp3) is 0.227.